The van der Waals surface area contributed by atoms with E-state index in [0.717, 1.165) is 25.7 Å². The summed E-state index contributed by atoms with van der Waals surface area (Å²) < 4.78 is 0. The Labute approximate surface area is 158 Å². The fourth-order valence-electron chi connectivity index (χ4n) is 2.36. The molecule has 0 saturated heterocycles. The van der Waals surface area contributed by atoms with Crippen LogP contribution in [0.15, 0.2) is 30.3 Å². The number of aliphatic carboxylic acids is 1. The quantitative estimate of drug-likeness (QED) is 0.464. The Morgan fingerprint density at radius 3 is 2.30 bits per heavy atom. The molecule has 2 unspecified atom stereocenters. The van der Waals surface area contributed by atoms with E-state index in [2.05, 4.69) is 22.9 Å². The summed E-state index contributed by atoms with van der Waals surface area (Å²) in [5.74, 6) is -3.94. The molecule has 4 N–H and O–H groups in total. The molecule has 4 amide bonds. The zero-order chi connectivity index (χ0) is 20.2. The number of urea groups is 1. The van der Waals surface area contributed by atoms with Gasteiger partial charge in [0.25, 0.3) is 11.8 Å². The SMILES string of the molecule is CCCCCCNC(=O)NC(=O)C(NC(=O)c1ccccc1)C(C)C(=O)O. The van der Waals surface area contributed by atoms with E-state index in [4.69, 9.17) is 0 Å². The number of carbonyl (C=O) groups excluding carboxylic acids is 3. The normalized spacial score (nSPS) is 12.5. The van der Waals surface area contributed by atoms with Gasteiger partial charge in [-0.2, -0.15) is 0 Å². The van der Waals surface area contributed by atoms with Gasteiger partial charge in [0.1, 0.15) is 6.04 Å². The minimum Gasteiger partial charge on any atom is -0.481 e. The smallest absolute Gasteiger partial charge is 0.321 e. The first kappa shape index (κ1) is 22.1. The maximum atomic E-state index is 12.4. The van der Waals surface area contributed by atoms with Crippen molar-refractivity contribution in [2.24, 2.45) is 5.92 Å². The van der Waals surface area contributed by atoms with Crippen LogP contribution in [0.2, 0.25) is 0 Å². The molecule has 0 heterocycles. The van der Waals surface area contributed by atoms with Gasteiger partial charge in [-0.15, -0.1) is 0 Å². The lowest BCUT2D eigenvalue weighted by atomic mass is 10.0. The van der Waals surface area contributed by atoms with E-state index in [9.17, 15) is 24.3 Å². The zero-order valence-electron chi connectivity index (χ0n) is 15.7. The Morgan fingerprint density at radius 1 is 1.04 bits per heavy atom. The predicted molar refractivity (Wildman–Crippen MR) is 100 cm³/mol. The molecule has 8 heteroatoms. The molecule has 0 spiro atoms. The van der Waals surface area contributed by atoms with Gasteiger partial charge in [-0.3, -0.25) is 19.7 Å². The van der Waals surface area contributed by atoms with Gasteiger partial charge in [-0.05, 0) is 25.5 Å². The Balaban J connectivity index is 2.67. The molecule has 2 atom stereocenters. The summed E-state index contributed by atoms with van der Waals surface area (Å²) in [6.07, 6.45) is 3.89. The number of benzene rings is 1. The van der Waals surface area contributed by atoms with Gasteiger partial charge in [0, 0.05) is 12.1 Å². The second-order valence-corrected chi connectivity index (χ2v) is 6.25. The predicted octanol–water partition coefficient (Wildman–Crippen LogP) is 1.91. The van der Waals surface area contributed by atoms with Gasteiger partial charge in [0.05, 0.1) is 5.92 Å². The molecule has 8 nitrogen and oxygen atoms in total. The third kappa shape index (κ3) is 7.89. The Morgan fingerprint density at radius 2 is 1.70 bits per heavy atom. The van der Waals surface area contributed by atoms with Gasteiger partial charge in [0.2, 0.25) is 0 Å². The molecule has 0 bridgehead atoms. The average molecular weight is 377 g/mol. The van der Waals surface area contributed by atoms with Crippen molar-refractivity contribution in [3.63, 3.8) is 0 Å². The number of nitrogens with one attached hydrogen (secondary N) is 3. The van der Waals surface area contributed by atoms with E-state index < -0.39 is 35.8 Å². The van der Waals surface area contributed by atoms with E-state index in [1.54, 1.807) is 30.3 Å². The lowest BCUT2D eigenvalue weighted by molar-refractivity contribution is -0.144. The van der Waals surface area contributed by atoms with E-state index >= 15 is 0 Å². The zero-order valence-corrected chi connectivity index (χ0v) is 15.7. The van der Waals surface area contributed by atoms with Crippen LogP contribution in [-0.2, 0) is 9.59 Å². The summed E-state index contributed by atoms with van der Waals surface area (Å²) in [6.45, 7) is 3.78. The molecule has 148 valence electrons. The number of carbonyl (C=O) groups is 4. The van der Waals surface area contributed by atoms with E-state index in [0.29, 0.717) is 6.54 Å². The highest BCUT2D eigenvalue weighted by molar-refractivity contribution is 6.03. The van der Waals surface area contributed by atoms with Crippen LogP contribution in [0.5, 0.6) is 0 Å². The van der Waals surface area contributed by atoms with Crippen LogP contribution < -0.4 is 16.0 Å². The summed E-state index contributed by atoms with van der Waals surface area (Å²) in [5.41, 5.74) is 0.285. The number of carboxylic acid groups (broad SMARTS) is 1. The van der Waals surface area contributed by atoms with Crippen molar-refractivity contribution in [1.29, 1.82) is 0 Å². The maximum absolute atomic E-state index is 12.4. The molecule has 1 aromatic carbocycles. The van der Waals surface area contributed by atoms with Crippen molar-refractivity contribution < 1.29 is 24.3 Å². The van der Waals surface area contributed by atoms with Crippen LogP contribution in [0.3, 0.4) is 0 Å². The summed E-state index contributed by atoms with van der Waals surface area (Å²) in [6, 6.07) is 6.00. The molecule has 0 fully saturated rings. The molecule has 0 aliphatic rings. The second-order valence-electron chi connectivity index (χ2n) is 6.25. The van der Waals surface area contributed by atoms with Crippen molar-refractivity contribution in [2.45, 2.75) is 45.6 Å². The number of hydrogen-bond donors (Lipinski definition) is 4. The number of amides is 4. The van der Waals surface area contributed by atoms with Crippen LogP contribution >= 0.6 is 0 Å². The first-order chi connectivity index (χ1) is 12.9. The fraction of sp³-hybridized carbons (Fsp3) is 0.474. The van der Waals surface area contributed by atoms with Gasteiger partial charge in [-0.1, -0.05) is 44.4 Å². The van der Waals surface area contributed by atoms with Crippen LogP contribution in [0, 0.1) is 5.92 Å². The van der Waals surface area contributed by atoms with Crippen molar-refractivity contribution in [3.05, 3.63) is 35.9 Å². The fourth-order valence-corrected chi connectivity index (χ4v) is 2.36. The van der Waals surface area contributed by atoms with Crippen molar-refractivity contribution in [3.8, 4) is 0 Å². The molecule has 0 saturated carbocycles. The topological polar surface area (TPSA) is 125 Å². The van der Waals surface area contributed by atoms with Gasteiger partial charge in [0.15, 0.2) is 0 Å². The monoisotopic (exact) mass is 377 g/mol. The van der Waals surface area contributed by atoms with E-state index in [1.165, 1.54) is 6.92 Å². The van der Waals surface area contributed by atoms with Crippen molar-refractivity contribution in [2.75, 3.05) is 6.54 Å². The molecular formula is C19H27N3O5. The van der Waals surface area contributed by atoms with Crippen LogP contribution in [0.25, 0.3) is 0 Å². The van der Waals surface area contributed by atoms with E-state index in [-0.39, 0.29) is 5.56 Å². The molecule has 0 aliphatic carbocycles. The number of hydrogen-bond acceptors (Lipinski definition) is 4. The van der Waals surface area contributed by atoms with Crippen LogP contribution in [-0.4, -0.2) is 41.5 Å². The first-order valence-corrected chi connectivity index (χ1v) is 9.04. The minimum absolute atomic E-state index is 0.285. The maximum Gasteiger partial charge on any atom is 0.321 e. The second kappa shape index (κ2) is 11.7. The number of imide groups is 1. The highest BCUT2D eigenvalue weighted by Gasteiger charge is 2.32. The highest BCUT2D eigenvalue weighted by atomic mass is 16.4. The highest BCUT2D eigenvalue weighted by Crippen LogP contribution is 2.07. The van der Waals surface area contributed by atoms with Gasteiger partial charge >= 0.3 is 12.0 Å². The van der Waals surface area contributed by atoms with Crippen LogP contribution in [0.1, 0.15) is 49.9 Å². The van der Waals surface area contributed by atoms with Crippen molar-refractivity contribution >= 4 is 23.8 Å². The molecule has 27 heavy (non-hydrogen) atoms. The lowest BCUT2D eigenvalue weighted by Crippen LogP contribution is -2.55. The molecular weight excluding hydrogens is 350 g/mol. The number of rotatable bonds is 10. The first-order valence-electron chi connectivity index (χ1n) is 9.04. The Bertz CT molecular complexity index is 648. The summed E-state index contributed by atoms with van der Waals surface area (Å²) in [5, 5.41) is 16.2. The summed E-state index contributed by atoms with van der Waals surface area (Å²) in [4.78, 5) is 47.7. The summed E-state index contributed by atoms with van der Waals surface area (Å²) in [7, 11) is 0. The minimum atomic E-state index is -1.39. The molecule has 0 radical (unpaired) electrons. The standard InChI is InChI=1S/C19H27N3O5/c1-3-4-5-9-12-20-19(27)22-17(24)15(13(2)18(25)26)21-16(23)14-10-7-6-8-11-14/h6-8,10-11,13,15H,3-5,9,12H2,1-2H3,(H,21,23)(H,25,26)(H2,20,22,24,27). The molecule has 1 aromatic rings. The van der Waals surface area contributed by atoms with Crippen LogP contribution in [0.4, 0.5) is 4.79 Å². The van der Waals surface area contributed by atoms with E-state index in [1.807, 2.05) is 0 Å². The lowest BCUT2D eigenvalue weighted by Gasteiger charge is -2.21. The summed E-state index contributed by atoms with van der Waals surface area (Å²) >= 11 is 0. The third-order valence-corrected chi connectivity index (χ3v) is 4.05. The molecule has 0 aliphatic heterocycles. The van der Waals surface area contributed by atoms with Gasteiger partial charge in [-0.25, -0.2) is 4.79 Å². The average Bonchev–Trinajstić information content (AvgIpc) is 2.65. The van der Waals surface area contributed by atoms with Crippen molar-refractivity contribution in [1.82, 2.24) is 16.0 Å². The largest absolute Gasteiger partial charge is 0.481 e. The number of unbranched alkanes of at least 4 members (excludes halogenated alkanes) is 3. The third-order valence-electron chi connectivity index (χ3n) is 4.05. The number of carboxylic acids is 1. The Hall–Kier alpha value is -2.90. The van der Waals surface area contributed by atoms with Gasteiger partial charge < -0.3 is 15.7 Å². The molecule has 1 rings (SSSR count). The molecule has 0 aromatic heterocycles. The Kier molecular flexibility index (Phi) is 9.57.